The smallest absolute Gasteiger partial charge is 0.219 e. The van der Waals surface area contributed by atoms with Gasteiger partial charge < -0.3 is 9.47 Å². The molecule has 1 aromatic carbocycles. The number of aromatic nitrogens is 2. The minimum atomic E-state index is 0.566. The molecule has 0 unspecified atom stereocenters. The Hall–Kier alpha value is -1.42. The van der Waals surface area contributed by atoms with Crippen molar-refractivity contribution < 1.29 is 9.47 Å². The van der Waals surface area contributed by atoms with Crippen molar-refractivity contribution in [3.8, 4) is 23.1 Å². The molecule has 110 valence electrons. The van der Waals surface area contributed by atoms with E-state index in [1.165, 1.54) is 0 Å². The van der Waals surface area contributed by atoms with Crippen LogP contribution in [0.15, 0.2) is 60.9 Å². The fourth-order valence-electron chi connectivity index (χ4n) is 1.68. The van der Waals surface area contributed by atoms with Crippen LogP contribution in [0.5, 0.6) is 23.1 Å². The minimum Gasteiger partial charge on any atom is -0.456 e. The average molecular weight is 516 g/mol. The molecular formula is C16H10I2N2O2. The first-order valence-electron chi connectivity index (χ1n) is 6.38. The Morgan fingerprint density at radius 1 is 0.636 bits per heavy atom. The van der Waals surface area contributed by atoms with Crippen molar-refractivity contribution in [1.29, 1.82) is 0 Å². The molecule has 0 spiro atoms. The summed E-state index contributed by atoms with van der Waals surface area (Å²) in [7, 11) is 0. The molecule has 2 heterocycles. The zero-order chi connectivity index (χ0) is 15.4. The van der Waals surface area contributed by atoms with Crippen molar-refractivity contribution >= 4 is 45.2 Å². The molecule has 0 radical (unpaired) electrons. The van der Waals surface area contributed by atoms with Crippen molar-refractivity contribution in [3.63, 3.8) is 0 Å². The van der Waals surface area contributed by atoms with Crippen LogP contribution in [0, 0.1) is 7.27 Å². The first-order chi connectivity index (χ1) is 10.7. The lowest BCUT2D eigenvalue weighted by Gasteiger charge is -2.07. The second-order valence-electron chi connectivity index (χ2n) is 4.31. The van der Waals surface area contributed by atoms with Gasteiger partial charge in [-0.3, -0.25) is 0 Å². The van der Waals surface area contributed by atoms with Gasteiger partial charge in [0.15, 0.2) is 0 Å². The van der Waals surface area contributed by atoms with Crippen molar-refractivity contribution in [2.75, 3.05) is 0 Å². The van der Waals surface area contributed by atoms with Crippen LogP contribution in [0.2, 0.25) is 0 Å². The molecule has 0 aliphatic carbocycles. The highest BCUT2D eigenvalue weighted by molar-refractivity contribution is 14.1. The van der Waals surface area contributed by atoms with Crippen molar-refractivity contribution in [2.45, 2.75) is 0 Å². The normalized spacial score (nSPS) is 10.3. The molecular weight excluding hydrogens is 506 g/mol. The quantitative estimate of drug-likeness (QED) is 0.351. The van der Waals surface area contributed by atoms with Gasteiger partial charge in [-0.2, -0.15) is 0 Å². The molecule has 0 aliphatic heterocycles. The van der Waals surface area contributed by atoms with Crippen LogP contribution in [-0.2, 0) is 0 Å². The van der Waals surface area contributed by atoms with E-state index in [4.69, 9.17) is 9.47 Å². The van der Waals surface area contributed by atoms with Crippen LogP contribution in [-0.4, -0.2) is 9.97 Å². The molecule has 3 aromatic rings. The number of hydrogen-bond donors (Lipinski definition) is 0. The predicted octanol–water partition coefficient (Wildman–Crippen LogP) is 5.27. The third-order valence-electron chi connectivity index (χ3n) is 2.68. The van der Waals surface area contributed by atoms with E-state index >= 15 is 0 Å². The summed E-state index contributed by atoms with van der Waals surface area (Å²) < 4.78 is 13.4. The van der Waals surface area contributed by atoms with Gasteiger partial charge in [0.2, 0.25) is 5.88 Å². The minimum absolute atomic E-state index is 0.566. The maximum absolute atomic E-state index is 5.72. The highest BCUT2D eigenvalue weighted by atomic mass is 127. The first kappa shape index (κ1) is 15.5. The fourth-order valence-corrected chi connectivity index (χ4v) is 2.32. The monoisotopic (exact) mass is 516 g/mol. The average Bonchev–Trinajstić information content (AvgIpc) is 2.54. The van der Waals surface area contributed by atoms with Crippen LogP contribution >= 0.6 is 45.2 Å². The Morgan fingerprint density at radius 2 is 1.32 bits per heavy atom. The maximum atomic E-state index is 5.72. The fraction of sp³-hybridized carbons (Fsp3) is 0. The lowest BCUT2D eigenvalue weighted by Crippen LogP contribution is -1.89. The molecule has 0 saturated heterocycles. The molecule has 0 fully saturated rings. The summed E-state index contributed by atoms with van der Waals surface area (Å²) >= 11 is 4.36. The Balaban J connectivity index is 1.67. The standard InChI is InChI=1S/C16H10I2N2O2/c17-11-1-8-16(20-9-11)22-13-4-2-12(3-5-13)21-14-6-7-15(18)19-10-14/h1-10H. The summed E-state index contributed by atoms with van der Waals surface area (Å²) in [6, 6.07) is 14.9. The second-order valence-corrected chi connectivity index (χ2v) is 6.66. The van der Waals surface area contributed by atoms with Gasteiger partial charge in [-0.25, -0.2) is 9.97 Å². The highest BCUT2D eigenvalue weighted by Gasteiger charge is 2.01. The highest BCUT2D eigenvalue weighted by Crippen LogP contribution is 2.26. The Bertz CT molecular complexity index is 678. The maximum Gasteiger partial charge on any atom is 0.219 e. The van der Waals surface area contributed by atoms with Gasteiger partial charge in [-0.05, 0) is 87.6 Å². The van der Waals surface area contributed by atoms with Crippen molar-refractivity contribution in [3.05, 3.63) is 68.2 Å². The molecule has 0 atom stereocenters. The van der Waals surface area contributed by atoms with Gasteiger partial charge in [0.1, 0.15) is 20.9 Å². The Kier molecular flexibility index (Phi) is 5.08. The summed E-state index contributed by atoms with van der Waals surface area (Å²) in [6.07, 6.45) is 3.46. The number of ether oxygens (including phenoxy) is 2. The van der Waals surface area contributed by atoms with Crippen LogP contribution in [0.25, 0.3) is 0 Å². The van der Waals surface area contributed by atoms with Gasteiger partial charge in [-0.1, -0.05) is 0 Å². The molecule has 0 N–H and O–H groups in total. The van der Waals surface area contributed by atoms with E-state index in [-0.39, 0.29) is 0 Å². The number of benzene rings is 1. The van der Waals surface area contributed by atoms with Crippen LogP contribution in [0.3, 0.4) is 0 Å². The Morgan fingerprint density at radius 3 is 1.91 bits per heavy atom. The first-order valence-corrected chi connectivity index (χ1v) is 8.54. The largest absolute Gasteiger partial charge is 0.456 e. The van der Waals surface area contributed by atoms with E-state index in [0.717, 1.165) is 13.0 Å². The summed E-state index contributed by atoms with van der Waals surface area (Å²) in [4.78, 5) is 8.39. The number of hydrogen-bond acceptors (Lipinski definition) is 4. The molecule has 3 rings (SSSR count). The Labute approximate surface area is 155 Å². The molecule has 0 aliphatic rings. The van der Waals surface area contributed by atoms with Gasteiger partial charge in [0, 0.05) is 15.8 Å². The van der Waals surface area contributed by atoms with E-state index in [0.29, 0.717) is 17.4 Å². The third-order valence-corrected chi connectivity index (χ3v) is 3.96. The molecule has 0 amide bonds. The summed E-state index contributed by atoms with van der Waals surface area (Å²) in [5.74, 6) is 2.71. The van der Waals surface area contributed by atoms with E-state index in [9.17, 15) is 0 Å². The number of pyridine rings is 2. The van der Waals surface area contributed by atoms with Crippen molar-refractivity contribution in [1.82, 2.24) is 9.97 Å². The van der Waals surface area contributed by atoms with Crippen LogP contribution in [0.1, 0.15) is 0 Å². The SMILES string of the molecule is Ic1ccc(Oc2ccc(Oc3ccc(I)nc3)cc2)nc1. The van der Waals surface area contributed by atoms with E-state index in [1.54, 1.807) is 12.4 Å². The number of rotatable bonds is 4. The zero-order valence-electron chi connectivity index (χ0n) is 11.2. The molecule has 22 heavy (non-hydrogen) atoms. The lowest BCUT2D eigenvalue weighted by molar-refractivity contribution is 0.456. The summed E-state index contributed by atoms with van der Waals surface area (Å²) in [5.41, 5.74) is 0. The van der Waals surface area contributed by atoms with Gasteiger partial charge >= 0.3 is 0 Å². The molecule has 6 heteroatoms. The number of nitrogens with zero attached hydrogens (tertiary/aromatic N) is 2. The summed E-state index contributed by atoms with van der Waals surface area (Å²) in [5, 5.41) is 0. The van der Waals surface area contributed by atoms with E-state index in [1.807, 2.05) is 48.5 Å². The van der Waals surface area contributed by atoms with Crippen molar-refractivity contribution in [2.24, 2.45) is 0 Å². The second kappa shape index (κ2) is 7.23. The zero-order valence-corrected chi connectivity index (χ0v) is 15.6. The number of halogens is 2. The van der Waals surface area contributed by atoms with Crippen LogP contribution < -0.4 is 9.47 Å². The topological polar surface area (TPSA) is 44.2 Å². The van der Waals surface area contributed by atoms with Gasteiger partial charge in [0.05, 0.1) is 6.20 Å². The van der Waals surface area contributed by atoms with Gasteiger partial charge in [-0.15, -0.1) is 0 Å². The third kappa shape index (κ3) is 4.29. The van der Waals surface area contributed by atoms with Crippen LogP contribution in [0.4, 0.5) is 0 Å². The van der Waals surface area contributed by atoms with E-state index in [2.05, 4.69) is 55.1 Å². The van der Waals surface area contributed by atoms with E-state index < -0.39 is 0 Å². The van der Waals surface area contributed by atoms with Gasteiger partial charge in [0.25, 0.3) is 0 Å². The summed E-state index contributed by atoms with van der Waals surface area (Å²) in [6.45, 7) is 0. The molecule has 0 saturated carbocycles. The molecule has 0 bridgehead atoms. The molecule has 4 nitrogen and oxygen atoms in total. The molecule has 2 aromatic heterocycles. The predicted molar refractivity (Wildman–Crippen MR) is 100 cm³/mol. The lowest BCUT2D eigenvalue weighted by atomic mass is 10.3.